The van der Waals surface area contributed by atoms with Gasteiger partial charge < -0.3 is 5.32 Å². The number of rotatable bonds is 5. The minimum Gasteiger partial charge on any atom is -0.368 e. The fourth-order valence-corrected chi connectivity index (χ4v) is 1.78. The molecule has 0 aliphatic rings. The number of anilines is 1. The van der Waals surface area contributed by atoms with Crippen LogP contribution in [0.2, 0.25) is 0 Å². The Bertz CT molecular complexity index is 423. The van der Waals surface area contributed by atoms with E-state index in [0.717, 1.165) is 0 Å². The van der Waals surface area contributed by atoms with Crippen LogP contribution in [0.25, 0.3) is 0 Å². The van der Waals surface area contributed by atoms with Crippen molar-refractivity contribution in [3.05, 3.63) is 17.0 Å². The normalized spacial score (nSPS) is 11.3. The predicted octanol–water partition coefficient (Wildman–Crippen LogP) is 0.200. The Hall–Kier alpha value is -0.730. The zero-order valence-corrected chi connectivity index (χ0v) is 10.5. The highest BCUT2D eigenvalue weighted by Crippen LogP contribution is 2.16. The first-order valence-electron chi connectivity index (χ1n) is 4.16. The topological polar surface area (TPSA) is 84.0 Å². The minimum atomic E-state index is -3.17. The molecule has 0 bridgehead atoms. The van der Waals surface area contributed by atoms with Gasteiger partial charge in [0.05, 0.1) is 10.2 Å². The van der Waals surface area contributed by atoms with Gasteiger partial charge in [0.15, 0.2) is 0 Å². The molecule has 0 aliphatic carbocycles. The molecular weight excluding hydrogens is 284 g/mol. The number of nitrogens with one attached hydrogen (secondary N) is 2. The molecule has 1 aromatic heterocycles. The summed E-state index contributed by atoms with van der Waals surface area (Å²) in [6.45, 7) is 0.290. The molecule has 0 saturated heterocycles. The first-order valence-corrected chi connectivity index (χ1v) is 6.60. The maximum Gasteiger partial charge on any atom is 0.213 e. The summed E-state index contributed by atoms with van der Waals surface area (Å²) in [7, 11) is -1.79. The van der Waals surface area contributed by atoms with Crippen molar-refractivity contribution >= 4 is 31.8 Å². The van der Waals surface area contributed by atoms with Gasteiger partial charge in [0, 0.05) is 12.7 Å². The number of hydrogen-bond acceptors (Lipinski definition) is 5. The SMILES string of the molecule is CNS(=O)(=O)CCNc1ncncc1Br. The van der Waals surface area contributed by atoms with Crippen LogP contribution in [0, 0.1) is 0 Å². The molecule has 1 heterocycles. The van der Waals surface area contributed by atoms with Crippen LogP contribution in [0.15, 0.2) is 17.0 Å². The zero-order valence-electron chi connectivity index (χ0n) is 8.07. The van der Waals surface area contributed by atoms with Crippen LogP contribution in [0.4, 0.5) is 5.82 Å². The lowest BCUT2D eigenvalue weighted by atomic mass is 10.5. The summed E-state index contributed by atoms with van der Waals surface area (Å²) in [6, 6.07) is 0. The van der Waals surface area contributed by atoms with Crippen LogP contribution >= 0.6 is 15.9 Å². The molecule has 0 unspecified atom stereocenters. The highest BCUT2D eigenvalue weighted by atomic mass is 79.9. The third-order valence-corrected chi connectivity index (χ3v) is 3.59. The Morgan fingerprint density at radius 3 is 2.87 bits per heavy atom. The van der Waals surface area contributed by atoms with Crippen molar-refractivity contribution in [3.8, 4) is 0 Å². The van der Waals surface area contributed by atoms with E-state index in [-0.39, 0.29) is 5.75 Å². The van der Waals surface area contributed by atoms with E-state index in [1.807, 2.05) is 0 Å². The Morgan fingerprint density at radius 2 is 2.27 bits per heavy atom. The number of hydrogen-bond donors (Lipinski definition) is 2. The molecule has 0 atom stereocenters. The summed E-state index contributed by atoms with van der Waals surface area (Å²) in [4.78, 5) is 7.73. The molecule has 1 rings (SSSR count). The van der Waals surface area contributed by atoms with Crippen molar-refractivity contribution in [3.63, 3.8) is 0 Å². The van der Waals surface area contributed by atoms with E-state index in [0.29, 0.717) is 16.8 Å². The lowest BCUT2D eigenvalue weighted by Gasteiger charge is -2.06. The average molecular weight is 295 g/mol. The molecule has 2 N–H and O–H groups in total. The fourth-order valence-electron chi connectivity index (χ4n) is 0.849. The molecular formula is C7H11BrN4O2S. The van der Waals surface area contributed by atoms with Gasteiger partial charge in [0.1, 0.15) is 12.1 Å². The lowest BCUT2D eigenvalue weighted by Crippen LogP contribution is -2.26. The first-order chi connectivity index (χ1) is 7.05. The van der Waals surface area contributed by atoms with Gasteiger partial charge in [-0.05, 0) is 23.0 Å². The summed E-state index contributed by atoms with van der Waals surface area (Å²) in [5.41, 5.74) is 0. The van der Waals surface area contributed by atoms with Crippen molar-refractivity contribution < 1.29 is 8.42 Å². The second-order valence-electron chi connectivity index (χ2n) is 2.67. The van der Waals surface area contributed by atoms with Gasteiger partial charge in [0.25, 0.3) is 0 Å². The van der Waals surface area contributed by atoms with Crippen LogP contribution in [0.3, 0.4) is 0 Å². The van der Waals surface area contributed by atoms with Crippen molar-refractivity contribution in [2.75, 3.05) is 24.7 Å². The molecule has 6 nitrogen and oxygen atoms in total. The zero-order chi connectivity index (χ0) is 11.3. The van der Waals surface area contributed by atoms with Crippen molar-refractivity contribution in [2.45, 2.75) is 0 Å². The van der Waals surface area contributed by atoms with Crippen molar-refractivity contribution in [2.24, 2.45) is 0 Å². The maximum absolute atomic E-state index is 11.1. The van der Waals surface area contributed by atoms with Crippen LogP contribution in [-0.2, 0) is 10.0 Å². The molecule has 0 radical (unpaired) electrons. The van der Waals surface area contributed by atoms with E-state index in [9.17, 15) is 8.42 Å². The molecule has 0 aliphatic heterocycles. The third-order valence-electron chi connectivity index (χ3n) is 1.64. The van der Waals surface area contributed by atoms with Crippen molar-refractivity contribution in [1.82, 2.24) is 14.7 Å². The molecule has 0 amide bonds. The van der Waals surface area contributed by atoms with Gasteiger partial charge in [-0.2, -0.15) is 0 Å². The van der Waals surface area contributed by atoms with E-state index in [1.165, 1.54) is 13.4 Å². The van der Waals surface area contributed by atoms with Crippen LogP contribution in [0.5, 0.6) is 0 Å². The molecule has 84 valence electrons. The number of sulfonamides is 1. The Kier molecular flexibility index (Phi) is 4.43. The Morgan fingerprint density at radius 1 is 1.53 bits per heavy atom. The second kappa shape index (κ2) is 5.38. The summed E-state index contributed by atoms with van der Waals surface area (Å²) < 4.78 is 25.1. The smallest absolute Gasteiger partial charge is 0.213 e. The predicted molar refractivity (Wildman–Crippen MR) is 61.1 cm³/mol. The Labute approximate surface area is 96.7 Å². The monoisotopic (exact) mass is 294 g/mol. The fraction of sp³-hybridized carbons (Fsp3) is 0.429. The van der Waals surface area contributed by atoms with Crippen LogP contribution in [0.1, 0.15) is 0 Å². The quantitative estimate of drug-likeness (QED) is 0.810. The molecule has 0 saturated carbocycles. The minimum absolute atomic E-state index is 0.0000567. The summed E-state index contributed by atoms with van der Waals surface area (Å²) in [5.74, 6) is 0.580. The average Bonchev–Trinajstić information content (AvgIpc) is 2.21. The van der Waals surface area contributed by atoms with E-state index < -0.39 is 10.0 Å². The molecule has 8 heteroatoms. The first kappa shape index (κ1) is 12.3. The van der Waals surface area contributed by atoms with Crippen LogP contribution < -0.4 is 10.0 Å². The molecule has 15 heavy (non-hydrogen) atoms. The van der Waals surface area contributed by atoms with Gasteiger partial charge in [-0.25, -0.2) is 23.1 Å². The number of nitrogens with zero attached hydrogens (tertiary/aromatic N) is 2. The van der Waals surface area contributed by atoms with Crippen molar-refractivity contribution in [1.29, 1.82) is 0 Å². The summed E-state index contributed by atoms with van der Waals surface area (Å²) >= 11 is 3.24. The molecule has 0 aromatic carbocycles. The molecule has 1 aromatic rings. The lowest BCUT2D eigenvalue weighted by molar-refractivity contribution is 0.588. The highest BCUT2D eigenvalue weighted by molar-refractivity contribution is 9.10. The van der Waals surface area contributed by atoms with E-state index in [4.69, 9.17) is 0 Å². The van der Waals surface area contributed by atoms with E-state index in [1.54, 1.807) is 6.20 Å². The highest BCUT2D eigenvalue weighted by Gasteiger charge is 2.06. The van der Waals surface area contributed by atoms with Gasteiger partial charge in [-0.3, -0.25) is 0 Å². The third kappa shape index (κ3) is 4.10. The largest absolute Gasteiger partial charge is 0.368 e. The molecule has 0 fully saturated rings. The van der Waals surface area contributed by atoms with Gasteiger partial charge in [-0.1, -0.05) is 0 Å². The Balaban J connectivity index is 2.49. The maximum atomic E-state index is 11.1. The van der Waals surface area contributed by atoms with E-state index in [2.05, 4.69) is 35.9 Å². The second-order valence-corrected chi connectivity index (χ2v) is 5.57. The summed E-state index contributed by atoms with van der Waals surface area (Å²) in [5, 5.41) is 2.89. The summed E-state index contributed by atoms with van der Waals surface area (Å²) in [6.07, 6.45) is 2.97. The van der Waals surface area contributed by atoms with E-state index >= 15 is 0 Å². The van der Waals surface area contributed by atoms with Gasteiger partial charge >= 0.3 is 0 Å². The van der Waals surface area contributed by atoms with Crippen LogP contribution in [-0.4, -0.2) is 37.7 Å². The molecule has 0 spiro atoms. The van der Waals surface area contributed by atoms with Gasteiger partial charge in [-0.15, -0.1) is 0 Å². The standard InChI is InChI=1S/C7H11BrN4O2S/c1-9-15(13,14)3-2-11-7-6(8)4-10-5-12-7/h4-5,9H,2-3H2,1H3,(H,10,11,12). The number of aromatic nitrogens is 2. The van der Waals surface area contributed by atoms with Gasteiger partial charge in [0.2, 0.25) is 10.0 Å². The number of halogens is 1.